The van der Waals surface area contributed by atoms with Crippen molar-refractivity contribution in [3.8, 4) is 0 Å². The van der Waals surface area contributed by atoms with Gasteiger partial charge >= 0.3 is 0 Å². The molecule has 5 nitrogen and oxygen atoms in total. The van der Waals surface area contributed by atoms with Gasteiger partial charge in [0.2, 0.25) is 5.91 Å². The molecule has 0 aromatic carbocycles. The van der Waals surface area contributed by atoms with Gasteiger partial charge < -0.3 is 10.1 Å². The van der Waals surface area contributed by atoms with Gasteiger partial charge in [-0.05, 0) is 19.4 Å². The number of amides is 1. The Kier molecular flexibility index (Phi) is 5.85. The molecule has 1 aromatic heterocycles. The van der Waals surface area contributed by atoms with Crippen LogP contribution in [0.15, 0.2) is 18.6 Å². The lowest BCUT2D eigenvalue weighted by Crippen LogP contribution is -2.25. The van der Waals surface area contributed by atoms with Gasteiger partial charge in [-0.3, -0.25) is 4.79 Å². The van der Waals surface area contributed by atoms with Crippen molar-refractivity contribution in [2.75, 3.05) is 6.54 Å². The molecule has 92 valence electrons. The standard InChI is InChI=1S/C12H17N3O2/c1-10(16)3-2-4-12(17)14-8-6-11-5-7-13-9-15-11/h5,7,9H,2-4,6,8H2,1H3,(H,14,17). The summed E-state index contributed by atoms with van der Waals surface area (Å²) in [4.78, 5) is 29.9. The Morgan fingerprint density at radius 2 is 2.18 bits per heavy atom. The SMILES string of the molecule is CC(=O)CCCC(=O)NCCc1ccncn1. The molecule has 0 radical (unpaired) electrons. The van der Waals surface area contributed by atoms with E-state index in [1.165, 1.54) is 13.3 Å². The highest BCUT2D eigenvalue weighted by atomic mass is 16.1. The third-order valence-electron chi connectivity index (χ3n) is 2.28. The Labute approximate surface area is 101 Å². The normalized spacial score (nSPS) is 9.94. The largest absolute Gasteiger partial charge is 0.356 e. The molecule has 0 aliphatic heterocycles. The van der Waals surface area contributed by atoms with Crippen LogP contribution in [0.3, 0.4) is 0 Å². The lowest BCUT2D eigenvalue weighted by Gasteiger charge is -2.04. The first-order chi connectivity index (χ1) is 8.18. The molecule has 0 bridgehead atoms. The Morgan fingerprint density at radius 1 is 1.35 bits per heavy atom. The molecule has 17 heavy (non-hydrogen) atoms. The van der Waals surface area contributed by atoms with Crippen LogP contribution in [0.25, 0.3) is 0 Å². The van der Waals surface area contributed by atoms with Crippen molar-refractivity contribution in [2.24, 2.45) is 0 Å². The zero-order valence-electron chi connectivity index (χ0n) is 9.98. The topological polar surface area (TPSA) is 72.0 Å². The third-order valence-corrected chi connectivity index (χ3v) is 2.28. The van der Waals surface area contributed by atoms with Crippen molar-refractivity contribution >= 4 is 11.7 Å². The predicted octanol–water partition coefficient (Wildman–Crippen LogP) is 0.895. The maximum absolute atomic E-state index is 11.4. The molecule has 0 saturated carbocycles. The fraction of sp³-hybridized carbons (Fsp3) is 0.500. The van der Waals surface area contributed by atoms with Crippen molar-refractivity contribution in [2.45, 2.75) is 32.6 Å². The van der Waals surface area contributed by atoms with E-state index in [9.17, 15) is 9.59 Å². The monoisotopic (exact) mass is 235 g/mol. The summed E-state index contributed by atoms with van der Waals surface area (Å²) in [6.07, 6.45) is 5.36. The second-order valence-electron chi connectivity index (χ2n) is 3.86. The summed E-state index contributed by atoms with van der Waals surface area (Å²) in [5.41, 5.74) is 0.907. The van der Waals surface area contributed by atoms with Gasteiger partial charge in [-0.25, -0.2) is 9.97 Å². The first-order valence-corrected chi connectivity index (χ1v) is 5.69. The molecule has 5 heteroatoms. The Bertz CT molecular complexity index is 365. The summed E-state index contributed by atoms with van der Waals surface area (Å²) in [6, 6.07) is 1.82. The molecule has 1 aromatic rings. The van der Waals surface area contributed by atoms with Gasteiger partial charge in [0, 0.05) is 37.7 Å². The van der Waals surface area contributed by atoms with Gasteiger partial charge in [-0.2, -0.15) is 0 Å². The zero-order valence-corrected chi connectivity index (χ0v) is 9.98. The zero-order chi connectivity index (χ0) is 12.5. The minimum absolute atomic E-state index is 0.0136. The Hall–Kier alpha value is -1.78. The van der Waals surface area contributed by atoms with Crippen LogP contribution in [0.1, 0.15) is 31.9 Å². The lowest BCUT2D eigenvalue weighted by molar-refractivity contribution is -0.121. The molecule has 0 aliphatic carbocycles. The third kappa shape index (κ3) is 6.40. The molecule has 0 saturated heterocycles. The van der Waals surface area contributed by atoms with Crippen molar-refractivity contribution < 1.29 is 9.59 Å². The lowest BCUT2D eigenvalue weighted by atomic mass is 10.2. The van der Waals surface area contributed by atoms with Crippen LogP contribution < -0.4 is 5.32 Å². The molecule has 0 spiro atoms. The first kappa shape index (κ1) is 13.3. The van der Waals surface area contributed by atoms with Crippen LogP contribution >= 0.6 is 0 Å². The summed E-state index contributed by atoms with van der Waals surface area (Å²) < 4.78 is 0. The maximum atomic E-state index is 11.4. The van der Waals surface area contributed by atoms with Gasteiger partial charge in [0.25, 0.3) is 0 Å². The summed E-state index contributed by atoms with van der Waals surface area (Å²) in [5, 5.41) is 2.79. The summed E-state index contributed by atoms with van der Waals surface area (Å²) in [5.74, 6) is 0.110. The molecule has 0 atom stereocenters. The molecule has 0 fully saturated rings. The number of nitrogens with one attached hydrogen (secondary N) is 1. The quantitative estimate of drug-likeness (QED) is 0.762. The van der Waals surface area contributed by atoms with E-state index in [4.69, 9.17) is 0 Å². The number of carbonyl (C=O) groups is 2. The summed E-state index contributed by atoms with van der Waals surface area (Å²) in [6.45, 7) is 2.10. The fourth-order valence-corrected chi connectivity index (χ4v) is 1.38. The molecular formula is C12H17N3O2. The van der Waals surface area contributed by atoms with Crippen molar-refractivity contribution in [1.29, 1.82) is 0 Å². The number of hydrogen-bond donors (Lipinski definition) is 1. The van der Waals surface area contributed by atoms with E-state index in [2.05, 4.69) is 15.3 Å². The van der Waals surface area contributed by atoms with E-state index in [0.29, 0.717) is 32.2 Å². The number of Topliss-reactive ketones (excluding diaryl/α,β-unsaturated/α-hetero) is 1. The molecule has 0 unspecified atom stereocenters. The van der Waals surface area contributed by atoms with Gasteiger partial charge in [-0.1, -0.05) is 0 Å². The van der Waals surface area contributed by atoms with Crippen molar-refractivity contribution in [3.63, 3.8) is 0 Å². The van der Waals surface area contributed by atoms with E-state index in [1.54, 1.807) is 6.20 Å². The number of rotatable bonds is 7. The van der Waals surface area contributed by atoms with E-state index < -0.39 is 0 Å². The van der Waals surface area contributed by atoms with E-state index in [1.807, 2.05) is 6.07 Å². The van der Waals surface area contributed by atoms with E-state index in [-0.39, 0.29) is 11.7 Å². The highest BCUT2D eigenvalue weighted by molar-refractivity contribution is 5.78. The van der Waals surface area contributed by atoms with Crippen LogP contribution in [0, 0.1) is 0 Å². The first-order valence-electron chi connectivity index (χ1n) is 5.69. The molecule has 1 amide bonds. The molecule has 0 aliphatic rings. The number of aromatic nitrogens is 2. The van der Waals surface area contributed by atoms with Gasteiger partial charge in [0.1, 0.15) is 12.1 Å². The smallest absolute Gasteiger partial charge is 0.220 e. The van der Waals surface area contributed by atoms with Gasteiger partial charge in [-0.15, -0.1) is 0 Å². The van der Waals surface area contributed by atoms with Crippen molar-refractivity contribution in [1.82, 2.24) is 15.3 Å². The number of ketones is 1. The summed E-state index contributed by atoms with van der Waals surface area (Å²) in [7, 11) is 0. The maximum Gasteiger partial charge on any atom is 0.220 e. The van der Waals surface area contributed by atoms with Crippen LogP contribution in [0.2, 0.25) is 0 Å². The molecule has 1 N–H and O–H groups in total. The van der Waals surface area contributed by atoms with Crippen molar-refractivity contribution in [3.05, 3.63) is 24.3 Å². The summed E-state index contributed by atoms with van der Waals surface area (Å²) >= 11 is 0. The average Bonchev–Trinajstić information content (AvgIpc) is 2.30. The van der Waals surface area contributed by atoms with E-state index >= 15 is 0 Å². The van der Waals surface area contributed by atoms with Crippen LogP contribution in [-0.2, 0) is 16.0 Å². The Morgan fingerprint density at radius 3 is 2.82 bits per heavy atom. The predicted molar refractivity (Wildman–Crippen MR) is 63.3 cm³/mol. The fourth-order valence-electron chi connectivity index (χ4n) is 1.38. The number of carbonyl (C=O) groups excluding carboxylic acids is 2. The minimum atomic E-state index is -0.0136. The highest BCUT2D eigenvalue weighted by Crippen LogP contribution is 1.96. The number of nitrogens with zero attached hydrogens (tertiary/aromatic N) is 2. The highest BCUT2D eigenvalue weighted by Gasteiger charge is 2.02. The van der Waals surface area contributed by atoms with Crippen LogP contribution in [-0.4, -0.2) is 28.2 Å². The van der Waals surface area contributed by atoms with Crippen LogP contribution in [0.5, 0.6) is 0 Å². The van der Waals surface area contributed by atoms with Gasteiger partial charge in [0.15, 0.2) is 0 Å². The van der Waals surface area contributed by atoms with E-state index in [0.717, 1.165) is 5.69 Å². The van der Waals surface area contributed by atoms with Gasteiger partial charge in [0.05, 0.1) is 0 Å². The number of hydrogen-bond acceptors (Lipinski definition) is 4. The molecular weight excluding hydrogens is 218 g/mol. The Balaban J connectivity index is 2.10. The molecule has 1 rings (SSSR count). The minimum Gasteiger partial charge on any atom is -0.356 e. The second kappa shape index (κ2) is 7.49. The van der Waals surface area contributed by atoms with Crippen LogP contribution in [0.4, 0.5) is 0 Å². The second-order valence-corrected chi connectivity index (χ2v) is 3.86. The average molecular weight is 235 g/mol. The molecule has 1 heterocycles.